The molecule has 0 aliphatic rings. The van der Waals surface area contributed by atoms with E-state index >= 15 is 0 Å². The number of para-hydroxylation sites is 1. The predicted octanol–water partition coefficient (Wildman–Crippen LogP) is 4.90. The van der Waals surface area contributed by atoms with Crippen LogP contribution < -0.4 is 5.56 Å². The first kappa shape index (κ1) is 19.1. The van der Waals surface area contributed by atoms with Crippen LogP contribution >= 0.6 is 0 Å². The summed E-state index contributed by atoms with van der Waals surface area (Å²) in [5.41, 5.74) is 4.23. The van der Waals surface area contributed by atoms with Crippen LogP contribution in [0, 0.1) is 29.6 Å². The van der Waals surface area contributed by atoms with Crippen LogP contribution in [0.25, 0.3) is 16.8 Å². The smallest absolute Gasteiger partial charge is 0.273 e. The van der Waals surface area contributed by atoms with Gasteiger partial charge in [0, 0.05) is 16.8 Å². The van der Waals surface area contributed by atoms with E-state index in [0.717, 1.165) is 36.1 Å². The van der Waals surface area contributed by atoms with Crippen LogP contribution in [0.4, 0.5) is 0 Å². The second-order valence-corrected chi connectivity index (χ2v) is 6.72. The minimum absolute atomic E-state index is 0.156. The number of nitriles is 2. The van der Waals surface area contributed by atoms with Crippen molar-refractivity contribution in [1.82, 2.24) is 4.57 Å². The van der Waals surface area contributed by atoms with Crippen molar-refractivity contribution in [3.63, 3.8) is 0 Å². The molecule has 3 rings (SSSR count). The molecule has 0 atom stereocenters. The normalized spacial score (nSPS) is 10.3. The maximum Gasteiger partial charge on any atom is 0.273 e. The van der Waals surface area contributed by atoms with Gasteiger partial charge in [-0.1, -0.05) is 49.7 Å². The van der Waals surface area contributed by atoms with Crippen molar-refractivity contribution in [3.8, 4) is 29.0 Å². The Morgan fingerprint density at radius 2 is 1.64 bits per heavy atom. The van der Waals surface area contributed by atoms with Gasteiger partial charge in [-0.2, -0.15) is 10.5 Å². The summed E-state index contributed by atoms with van der Waals surface area (Å²) in [4.78, 5) is 13.2. The summed E-state index contributed by atoms with van der Waals surface area (Å²) < 4.78 is 1.64. The SMILES string of the molecule is CCCCc1cc(C)c(C#N)c(=O)n1-c1ccccc1-c1ccccc1C#N. The Hall–Kier alpha value is -3.63. The average Bonchev–Trinajstić information content (AvgIpc) is 2.72. The summed E-state index contributed by atoms with van der Waals surface area (Å²) in [7, 11) is 0. The molecule has 0 aliphatic heterocycles. The average molecular weight is 367 g/mol. The van der Waals surface area contributed by atoms with Crippen LogP contribution in [0.5, 0.6) is 0 Å². The molecule has 28 heavy (non-hydrogen) atoms. The standard InChI is InChI=1S/C24H21N3O/c1-3-4-10-19-14-17(2)22(16-26)24(28)27(19)23-13-8-7-12-21(23)20-11-6-5-9-18(20)15-25/h5-9,11-14H,3-4,10H2,1-2H3. The molecule has 0 N–H and O–H groups in total. The lowest BCUT2D eigenvalue weighted by Gasteiger charge is -2.18. The highest BCUT2D eigenvalue weighted by molar-refractivity contribution is 5.77. The quantitative estimate of drug-likeness (QED) is 0.644. The van der Waals surface area contributed by atoms with Gasteiger partial charge in [0.05, 0.1) is 17.3 Å². The maximum absolute atomic E-state index is 13.2. The summed E-state index contributed by atoms with van der Waals surface area (Å²) in [5, 5.41) is 19.0. The maximum atomic E-state index is 13.2. The lowest BCUT2D eigenvalue weighted by molar-refractivity contribution is 0.742. The van der Waals surface area contributed by atoms with Crippen LogP contribution in [0.3, 0.4) is 0 Å². The van der Waals surface area contributed by atoms with E-state index in [2.05, 4.69) is 19.1 Å². The lowest BCUT2D eigenvalue weighted by Crippen LogP contribution is -2.26. The van der Waals surface area contributed by atoms with Gasteiger partial charge in [-0.05, 0) is 43.5 Å². The van der Waals surface area contributed by atoms with Gasteiger partial charge in [0.2, 0.25) is 0 Å². The zero-order chi connectivity index (χ0) is 20.1. The van der Waals surface area contributed by atoms with Crippen LogP contribution in [0.2, 0.25) is 0 Å². The largest absolute Gasteiger partial charge is 0.280 e. The van der Waals surface area contributed by atoms with E-state index in [1.54, 1.807) is 17.6 Å². The van der Waals surface area contributed by atoms with Gasteiger partial charge in [0.15, 0.2) is 0 Å². The predicted molar refractivity (Wildman–Crippen MR) is 110 cm³/mol. The van der Waals surface area contributed by atoms with Crippen molar-refractivity contribution in [2.75, 3.05) is 0 Å². The summed E-state index contributed by atoms with van der Waals surface area (Å²) in [6.07, 6.45) is 2.69. The molecular weight excluding hydrogens is 346 g/mol. The molecular formula is C24H21N3O. The van der Waals surface area contributed by atoms with E-state index in [1.165, 1.54) is 0 Å². The zero-order valence-corrected chi connectivity index (χ0v) is 16.1. The highest BCUT2D eigenvalue weighted by Gasteiger charge is 2.17. The fourth-order valence-electron chi connectivity index (χ4n) is 3.45. The molecule has 0 amide bonds. The molecule has 0 spiro atoms. The van der Waals surface area contributed by atoms with E-state index in [0.29, 0.717) is 16.8 Å². The van der Waals surface area contributed by atoms with Gasteiger partial charge < -0.3 is 0 Å². The minimum atomic E-state index is -0.310. The Balaban J connectivity index is 2.36. The molecule has 0 fully saturated rings. The topological polar surface area (TPSA) is 69.6 Å². The first-order chi connectivity index (χ1) is 13.6. The molecule has 4 nitrogen and oxygen atoms in total. The Morgan fingerprint density at radius 3 is 2.32 bits per heavy atom. The van der Waals surface area contributed by atoms with Gasteiger partial charge in [-0.3, -0.25) is 9.36 Å². The van der Waals surface area contributed by atoms with Gasteiger partial charge >= 0.3 is 0 Å². The number of hydrogen-bond donors (Lipinski definition) is 0. The van der Waals surface area contributed by atoms with Crippen molar-refractivity contribution < 1.29 is 0 Å². The molecule has 0 unspecified atom stereocenters. The number of unbranched alkanes of at least 4 members (excludes halogenated alkanes) is 1. The summed E-state index contributed by atoms with van der Waals surface area (Å²) in [6.45, 7) is 3.91. The minimum Gasteiger partial charge on any atom is -0.280 e. The van der Waals surface area contributed by atoms with Crippen molar-refractivity contribution in [2.45, 2.75) is 33.1 Å². The monoisotopic (exact) mass is 367 g/mol. The third kappa shape index (κ3) is 3.46. The number of rotatable bonds is 5. The fourth-order valence-corrected chi connectivity index (χ4v) is 3.45. The van der Waals surface area contributed by atoms with Crippen molar-refractivity contribution in [2.24, 2.45) is 0 Å². The van der Waals surface area contributed by atoms with E-state index in [-0.39, 0.29) is 11.1 Å². The van der Waals surface area contributed by atoms with E-state index < -0.39 is 0 Å². The molecule has 0 saturated heterocycles. The molecule has 138 valence electrons. The van der Waals surface area contributed by atoms with Crippen LogP contribution in [-0.2, 0) is 6.42 Å². The summed E-state index contributed by atoms with van der Waals surface area (Å²) >= 11 is 0. The van der Waals surface area contributed by atoms with Gasteiger partial charge in [-0.25, -0.2) is 0 Å². The second kappa shape index (κ2) is 8.37. The molecule has 1 heterocycles. The first-order valence-corrected chi connectivity index (χ1v) is 9.36. The molecule has 4 heteroatoms. The Kier molecular flexibility index (Phi) is 5.72. The van der Waals surface area contributed by atoms with E-state index in [4.69, 9.17) is 0 Å². The van der Waals surface area contributed by atoms with Crippen LogP contribution in [0.15, 0.2) is 59.4 Å². The number of benzene rings is 2. The number of hydrogen-bond acceptors (Lipinski definition) is 3. The summed E-state index contributed by atoms with van der Waals surface area (Å²) in [6, 6.07) is 21.1. The second-order valence-electron chi connectivity index (χ2n) is 6.72. The summed E-state index contributed by atoms with van der Waals surface area (Å²) in [5.74, 6) is 0. The number of aromatic nitrogens is 1. The highest BCUT2D eigenvalue weighted by atomic mass is 16.1. The van der Waals surface area contributed by atoms with Gasteiger partial charge in [0.1, 0.15) is 11.6 Å². The highest BCUT2D eigenvalue weighted by Crippen LogP contribution is 2.30. The van der Waals surface area contributed by atoms with Gasteiger partial charge in [0.25, 0.3) is 5.56 Å². The van der Waals surface area contributed by atoms with Crippen molar-refractivity contribution in [3.05, 3.63) is 87.3 Å². The van der Waals surface area contributed by atoms with E-state index in [9.17, 15) is 15.3 Å². The number of aryl methyl sites for hydroxylation is 2. The van der Waals surface area contributed by atoms with Crippen LogP contribution in [-0.4, -0.2) is 4.57 Å². The third-order valence-electron chi connectivity index (χ3n) is 4.86. The fraction of sp³-hybridized carbons (Fsp3) is 0.208. The van der Waals surface area contributed by atoms with Crippen molar-refractivity contribution >= 4 is 0 Å². The Labute approximate surface area is 164 Å². The molecule has 2 aromatic carbocycles. The van der Waals surface area contributed by atoms with Crippen molar-refractivity contribution in [1.29, 1.82) is 10.5 Å². The molecule has 0 saturated carbocycles. The molecule has 3 aromatic rings. The third-order valence-corrected chi connectivity index (χ3v) is 4.86. The zero-order valence-electron chi connectivity index (χ0n) is 16.1. The first-order valence-electron chi connectivity index (χ1n) is 9.36. The molecule has 0 radical (unpaired) electrons. The molecule has 0 bridgehead atoms. The molecule has 1 aromatic heterocycles. The van der Waals surface area contributed by atoms with Gasteiger partial charge in [-0.15, -0.1) is 0 Å². The molecule has 0 aliphatic carbocycles. The number of pyridine rings is 1. The Bertz CT molecular complexity index is 1160. The van der Waals surface area contributed by atoms with E-state index in [1.807, 2.05) is 48.5 Å². The Morgan fingerprint density at radius 1 is 0.964 bits per heavy atom. The number of nitrogens with zero attached hydrogens (tertiary/aromatic N) is 3. The lowest BCUT2D eigenvalue weighted by atomic mass is 9.98. The van der Waals surface area contributed by atoms with Crippen LogP contribution in [0.1, 0.15) is 42.1 Å².